The Morgan fingerprint density at radius 1 is 0.338 bits per heavy atom. The van der Waals surface area contributed by atoms with E-state index in [1.807, 2.05) is 42.5 Å². The summed E-state index contributed by atoms with van der Waals surface area (Å²) in [7, 11) is 0. The molecule has 0 aliphatic heterocycles. The number of benzene rings is 10. The van der Waals surface area contributed by atoms with Crippen LogP contribution in [0.5, 0.6) is 0 Å². The van der Waals surface area contributed by atoms with E-state index >= 15 is 0 Å². The molecule has 0 atom stereocenters. The molecule has 10 aromatic carbocycles. The van der Waals surface area contributed by atoms with E-state index in [2.05, 4.69) is 196 Å². The van der Waals surface area contributed by atoms with Gasteiger partial charge in [-0.1, -0.05) is 121 Å². The highest BCUT2D eigenvalue weighted by molar-refractivity contribution is 6.26. The number of nitriles is 2. The molecule has 4 aromatic heterocycles. The van der Waals surface area contributed by atoms with Crippen molar-refractivity contribution in [1.82, 2.24) is 13.7 Å². The largest absolute Gasteiger partial charge is 0.456 e. The summed E-state index contributed by atoms with van der Waals surface area (Å²) in [5.74, 6) is 0. The fraction of sp³-hybridized carbons (Fsp3) is 0. The highest BCUT2D eigenvalue weighted by Gasteiger charge is 2.23. The van der Waals surface area contributed by atoms with Crippen LogP contribution in [0.15, 0.2) is 217 Å². The summed E-state index contributed by atoms with van der Waals surface area (Å²) in [6.07, 6.45) is 0. The molecule has 0 N–H and O–H groups in total. The molecule has 0 bridgehead atoms. The lowest BCUT2D eigenvalue weighted by molar-refractivity contribution is 0.669. The monoisotopic (exact) mass is 865 g/mol. The maximum atomic E-state index is 10.9. The predicted octanol–water partition coefficient (Wildman–Crippen LogP) is 16.0. The maximum absolute atomic E-state index is 10.9. The second kappa shape index (κ2) is 14.4. The molecular weight excluding hydrogens is 831 g/mol. The zero-order chi connectivity index (χ0) is 45.0. The van der Waals surface area contributed by atoms with Crippen LogP contribution in [0, 0.1) is 22.7 Å². The number of rotatable bonds is 5. The molecule has 0 amide bonds. The van der Waals surface area contributed by atoms with Gasteiger partial charge in [-0.25, -0.2) is 0 Å². The summed E-state index contributed by atoms with van der Waals surface area (Å²) in [5.41, 5.74) is 16.0. The predicted molar refractivity (Wildman–Crippen MR) is 277 cm³/mol. The Labute approximate surface area is 389 Å². The van der Waals surface area contributed by atoms with Crippen LogP contribution < -0.4 is 0 Å². The van der Waals surface area contributed by atoms with E-state index in [4.69, 9.17) is 4.42 Å². The van der Waals surface area contributed by atoms with Crippen LogP contribution in [-0.2, 0) is 0 Å². The fourth-order valence-corrected chi connectivity index (χ4v) is 10.9. The summed E-state index contributed by atoms with van der Waals surface area (Å²) in [6.45, 7) is 0. The smallest absolute Gasteiger partial charge is 0.137 e. The summed E-state index contributed by atoms with van der Waals surface area (Å²) in [5, 5.41) is 29.5. The van der Waals surface area contributed by atoms with Crippen LogP contribution >= 0.6 is 0 Å². The Hall–Kier alpha value is -9.62. The minimum absolute atomic E-state index is 0.553. The Morgan fingerprint density at radius 3 is 1.69 bits per heavy atom. The van der Waals surface area contributed by atoms with E-state index in [0.717, 1.165) is 111 Å². The summed E-state index contributed by atoms with van der Waals surface area (Å²) in [4.78, 5) is 0. The van der Waals surface area contributed by atoms with Gasteiger partial charge in [-0.3, -0.25) is 0 Å². The molecule has 0 unspecified atom stereocenters. The van der Waals surface area contributed by atoms with E-state index in [0.29, 0.717) is 11.1 Å². The van der Waals surface area contributed by atoms with Crippen LogP contribution in [0.4, 0.5) is 0 Å². The van der Waals surface area contributed by atoms with Gasteiger partial charge in [0.15, 0.2) is 0 Å². The number of aromatic nitrogens is 3. The number of fused-ring (bicyclic) bond motifs is 13. The number of furan rings is 1. The van der Waals surface area contributed by atoms with E-state index < -0.39 is 0 Å². The molecule has 6 heteroatoms. The summed E-state index contributed by atoms with van der Waals surface area (Å²) >= 11 is 0. The van der Waals surface area contributed by atoms with Crippen LogP contribution in [0.2, 0.25) is 0 Å². The van der Waals surface area contributed by atoms with Gasteiger partial charge >= 0.3 is 0 Å². The molecule has 0 aliphatic carbocycles. The third-order valence-electron chi connectivity index (χ3n) is 13.9. The van der Waals surface area contributed by atoms with Gasteiger partial charge in [-0.15, -0.1) is 0 Å². The number of nitrogens with zero attached hydrogens (tertiary/aromatic N) is 5. The molecule has 68 heavy (non-hydrogen) atoms. The molecule has 0 saturated heterocycles. The number of para-hydroxylation sites is 5. The van der Waals surface area contributed by atoms with Crippen molar-refractivity contribution in [3.8, 4) is 51.5 Å². The van der Waals surface area contributed by atoms with E-state index in [1.54, 1.807) is 0 Å². The molecule has 0 saturated carbocycles. The minimum atomic E-state index is 0.553. The van der Waals surface area contributed by atoms with Crippen molar-refractivity contribution in [1.29, 1.82) is 10.5 Å². The van der Waals surface area contributed by atoms with Crippen LogP contribution in [0.25, 0.3) is 127 Å². The fourth-order valence-electron chi connectivity index (χ4n) is 10.9. The van der Waals surface area contributed by atoms with Gasteiger partial charge in [0.1, 0.15) is 11.2 Å². The lowest BCUT2D eigenvalue weighted by atomic mass is 9.94. The molecule has 14 rings (SSSR count). The van der Waals surface area contributed by atoms with E-state index in [1.165, 1.54) is 16.2 Å². The molecule has 0 aliphatic rings. The Morgan fingerprint density at radius 2 is 0.956 bits per heavy atom. The average molecular weight is 866 g/mol. The van der Waals surface area contributed by atoms with E-state index in [9.17, 15) is 10.5 Å². The molecule has 0 radical (unpaired) electrons. The molecule has 0 spiro atoms. The van der Waals surface area contributed by atoms with Crippen molar-refractivity contribution >= 4 is 87.4 Å². The Kier molecular flexibility index (Phi) is 8.01. The highest BCUT2D eigenvalue weighted by atomic mass is 16.3. The van der Waals surface area contributed by atoms with Crippen molar-refractivity contribution in [3.05, 3.63) is 223 Å². The van der Waals surface area contributed by atoms with Gasteiger partial charge in [0.25, 0.3) is 0 Å². The molecule has 314 valence electrons. The topological polar surface area (TPSA) is 75.5 Å². The maximum Gasteiger partial charge on any atom is 0.137 e. The van der Waals surface area contributed by atoms with Crippen LogP contribution in [0.1, 0.15) is 11.1 Å². The van der Waals surface area contributed by atoms with Crippen molar-refractivity contribution in [3.63, 3.8) is 0 Å². The van der Waals surface area contributed by atoms with Crippen LogP contribution in [-0.4, -0.2) is 13.7 Å². The number of hydrogen-bond acceptors (Lipinski definition) is 3. The second-order valence-corrected chi connectivity index (χ2v) is 17.5. The first-order chi connectivity index (χ1) is 33.6. The van der Waals surface area contributed by atoms with Gasteiger partial charge in [-0.05, 0) is 107 Å². The van der Waals surface area contributed by atoms with Crippen molar-refractivity contribution in [2.45, 2.75) is 0 Å². The second-order valence-electron chi connectivity index (χ2n) is 17.5. The Bertz CT molecular complexity index is 4510. The average Bonchev–Trinajstić information content (AvgIpc) is 4.14. The quantitative estimate of drug-likeness (QED) is 0.173. The zero-order valence-electron chi connectivity index (χ0n) is 36.4. The van der Waals surface area contributed by atoms with Gasteiger partial charge in [0.05, 0.1) is 56.4 Å². The van der Waals surface area contributed by atoms with E-state index in [-0.39, 0.29) is 0 Å². The van der Waals surface area contributed by atoms with Gasteiger partial charge in [0, 0.05) is 66.2 Å². The molecular formula is C62H35N5O. The first-order valence-corrected chi connectivity index (χ1v) is 22.7. The van der Waals surface area contributed by atoms with Gasteiger partial charge in [0.2, 0.25) is 0 Å². The SMILES string of the molecule is N#Cc1ccc(-c2ccc(-c3cc(-n4c5ccccc5c5cc6c(cc54)oc4ccccc46)cc(-n4c5ccccc5c5c4ccc4c6ccccc6n(-c6ccccc6)c45)c3)c(C#N)c2)cc1. The summed E-state index contributed by atoms with van der Waals surface area (Å²) < 4.78 is 13.7. The number of hydrogen-bond donors (Lipinski definition) is 0. The minimum Gasteiger partial charge on any atom is -0.456 e. The Balaban J connectivity index is 1.09. The molecule has 0 fully saturated rings. The van der Waals surface area contributed by atoms with Gasteiger partial charge < -0.3 is 18.1 Å². The first-order valence-electron chi connectivity index (χ1n) is 22.7. The molecule has 4 heterocycles. The van der Waals surface area contributed by atoms with Gasteiger partial charge in [-0.2, -0.15) is 10.5 Å². The zero-order valence-corrected chi connectivity index (χ0v) is 36.4. The first kappa shape index (κ1) is 37.7. The molecule has 6 nitrogen and oxygen atoms in total. The normalized spacial score (nSPS) is 11.8. The van der Waals surface area contributed by atoms with Crippen molar-refractivity contribution < 1.29 is 4.42 Å². The lowest BCUT2D eigenvalue weighted by Crippen LogP contribution is -2.01. The highest BCUT2D eigenvalue weighted by Crippen LogP contribution is 2.44. The third kappa shape index (κ3) is 5.43. The van der Waals surface area contributed by atoms with Crippen molar-refractivity contribution in [2.75, 3.05) is 0 Å². The standard InChI is InChI=1S/C62H35N5O/c63-36-38-22-24-39(25-23-38)40-26-27-46(42(30-40)37-64)41-31-44(33-45(32-41)66-54-18-8-5-15-48(54)52-34-53-49-16-7-11-21-59(49)68-60(53)35-58(52)66)65-56-20-10-6-17-51(56)61-57(65)29-28-50-47-14-4-9-19-55(47)67(62(50)61)43-12-2-1-3-13-43/h1-35H. The van der Waals surface area contributed by atoms with Crippen molar-refractivity contribution in [2.24, 2.45) is 0 Å². The summed E-state index contributed by atoms with van der Waals surface area (Å²) in [6, 6.07) is 79.0. The third-order valence-corrected chi connectivity index (χ3v) is 13.9. The molecule has 14 aromatic rings. The lowest BCUT2D eigenvalue weighted by Gasteiger charge is -2.17. The van der Waals surface area contributed by atoms with Crippen LogP contribution in [0.3, 0.4) is 0 Å².